The fraction of sp³-hybridized carbons (Fsp3) is 0.727. The Bertz CT molecular complexity index is 387. The Hall–Kier alpha value is -0.880. The van der Waals surface area contributed by atoms with Crippen molar-refractivity contribution in [2.24, 2.45) is 0 Å². The highest BCUT2D eigenvalue weighted by Gasteiger charge is 2.07. The molecule has 0 fully saturated rings. The molecule has 0 radical (unpaired) electrons. The molecule has 1 aromatic heterocycles. The summed E-state index contributed by atoms with van der Waals surface area (Å²) in [4.78, 5) is 0. The van der Waals surface area contributed by atoms with E-state index >= 15 is 0 Å². The van der Waals surface area contributed by atoms with E-state index in [0.717, 1.165) is 19.5 Å². The molecule has 0 atom stereocenters. The lowest BCUT2D eigenvalue weighted by Crippen LogP contribution is -2.25. The van der Waals surface area contributed by atoms with Gasteiger partial charge in [0.05, 0.1) is 5.75 Å². The van der Waals surface area contributed by atoms with Gasteiger partial charge in [0.25, 0.3) is 0 Å². The number of hydrogen-bond donors (Lipinski definition) is 1. The van der Waals surface area contributed by atoms with Crippen molar-refractivity contribution in [1.82, 2.24) is 15.1 Å². The Kier molecular flexibility index (Phi) is 6.21. The van der Waals surface area contributed by atoms with E-state index < -0.39 is 9.84 Å². The topological polar surface area (TPSA) is 64.0 Å². The molecule has 0 aliphatic rings. The Morgan fingerprint density at radius 2 is 2.12 bits per heavy atom. The number of nitrogens with one attached hydrogen (secondary N) is 1. The quantitative estimate of drug-likeness (QED) is 0.663. The van der Waals surface area contributed by atoms with Crippen molar-refractivity contribution in [3.05, 3.63) is 18.5 Å². The molecule has 0 unspecified atom stereocenters. The molecule has 1 aromatic rings. The van der Waals surface area contributed by atoms with Crippen LogP contribution in [0.15, 0.2) is 18.5 Å². The lowest BCUT2D eigenvalue weighted by Gasteiger charge is -2.05. The van der Waals surface area contributed by atoms with E-state index in [9.17, 15) is 8.42 Å². The van der Waals surface area contributed by atoms with Crippen molar-refractivity contribution >= 4 is 9.84 Å². The maximum Gasteiger partial charge on any atom is 0.151 e. The maximum atomic E-state index is 11.4. The summed E-state index contributed by atoms with van der Waals surface area (Å²) in [7, 11) is -2.84. The molecule has 5 nitrogen and oxygen atoms in total. The Morgan fingerprint density at radius 1 is 1.29 bits per heavy atom. The van der Waals surface area contributed by atoms with Gasteiger partial charge in [-0.2, -0.15) is 5.10 Å². The van der Waals surface area contributed by atoms with Gasteiger partial charge in [-0.1, -0.05) is 6.92 Å². The SMILES string of the molecule is CCCS(=O)(=O)CCNCCCn1cccn1. The van der Waals surface area contributed by atoms with Crippen molar-refractivity contribution in [3.8, 4) is 0 Å². The molecule has 6 heteroatoms. The first-order valence-electron chi connectivity index (χ1n) is 6.02. The zero-order valence-corrected chi connectivity index (χ0v) is 11.1. The van der Waals surface area contributed by atoms with Gasteiger partial charge < -0.3 is 5.32 Å². The van der Waals surface area contributed by atoms with E-state index in [-0.39, 0.29) is 5.75 Å². The highest BCUT2D eigenvalue weighted by atomic mass is 32.2. The molecule has 1 N–H and O–H groups in total. The van der Waals surface area contributed by atoms with Gasteiger partial charge in [0.15, 0.2) is 9.84 Å². The summed E-state index contributed by atoms with van der Waals surface area (Å²) >= 11 is 0. The Morgan fingerprint density at radius 3 is 2.76 bits per heavy atom. The molecular formula is C11H21N3O2S. The molecule has 0 saturated heterocycles. The third-order valence-electron chi connectivity index (χ3n) is 2.40. The molecule has 1 heterocycles. The second-order valence-electron chi connectivity index (χ2n) is 4.02. The van der Waals surface area contributed by atoms with Crippen LogP contribution < -0.4 is 5.32 Å². The van der Waals surface area contributed by atoms with Gasteiger partial charge in [-0.3, -0.25) is 4.68 Å². The van der Waals surface area contributed by atoms with Crippen LogP contribution in [0.1, 0.15) is 19.8 Å². The van der Waals surface area contributed by atoms with E-state index in [2.05, 4.69) is 10.4 Å². The first kappa shape index (κ1) is 14.2. The first-order valence-corrected chi connectivity index (χ1v) is 7.85. The van der Waals surface area contributed by atoms with Crippen molar-refractivity contribution in [3.63, 3.8) is 0 Å². The lowest BCUT2D eigenvalue weighted by atomic mass is 10.4. The summed E-state index contributed by atoms with van der Waals surface area (Å²) in [5.41, 5.74) is 0. The minimum absolute atomic E-state index is 0.239. The molecule has 0 amide bonds. The van der Waals surface area contributed by atoms with E-state index in [1.165, 1.54) is 0 Å². The molecule has 0 aliphatic heterocycles. The lowest BCUT2D eigenvalue weighted by molar-refractivity contribution is 0.547. The van der Waals surface area contributed by atoms with Crippen LogP contribution >= 0.6 is 0 Å². The van der Waals surface area contributed by atoms with Crippen LogP contribution in [0.2, 0.25) is 0 Å². The fourth-order valence-corrected chi connectivity index (χ4v) is 2.85. The van der Waals surface area contributed by atoms with Gasteiger partial charge in [0.2, 0.25) is 0 Å². The van der Waals surface area contributed by atoms with Crippen LogP contribution in [0, 0.1) is 0 Å². The zero-order chi connectivity index (χ0) is 12.6. The zero-order valence-electron chi connectivity index (χ0n) is 10.3. The van der Waals surface area contributed by atoms with Crippen LogP contribution in [0.25, 0.3) is 0 Å². The fourth-order valence-electron chi connectivity index (χ4n) is 1.56. The number of aromatic nitrogens is 2. The summed E-state index contributed by atoms with van der Waals surface area (Å²) in [6.45, 7) is 4.11. The van der Waals surface area contributed by atoms with Gasteiger partial charge in [0, 0.05) is 31.2 Å². The monoisotopic (exact) mass is 259 g/mol. The second kappa shape index (κ2) is 7.45. The van der Waals surface area contributed by atoms with Gasteiger partial charge in [-0.25, -0.2) is 8.42 Å². The standard InChI is InChI=1S/C11H21N3O2S/c1-2-10-17(15,16)11-7-12-5-3-8-14-9-4-6-13-14/h4,6,9,12H,2-3,5,7-8,10-11H2,1H3. The molecule has 0 aliphatic carbocycles. The van der Waals surface area contributed by atoms with Crippen LogP contribution in [-0.2, 0) is 16.4 Å². The van der Waals surface area contributed by atoms with Crippen molar-refractivity contribution in [2.45, 2.75) is 26.3 Å². The summed E-state index contributed by atoms with van der Waals surface area (Å²) in [6, 6.07) is 1.89. The van der Waals surface area contributed by atoms with Gasteiger partial charge >= 0.3 is 0 Å². The third-order valence-corrected chi connectivity index (χ3v) is 4.26. The second-order valence-corrected chi connectivity index (χ2v) is 6.33. The summed E-state index contributed by atoms with van der Waals surface area (Å²) in [6.07, 6.45) is 5.33. The van der Waals surface area contributed by atoms with Crippen LogP contribution in [0.4, 0.5) is 0 Å². The van der Waals surface area contributed by atoms with Gasteiger partial charge in [-0.15, -0.1) is 0 Å². The van der Waals surface area contributed by atoms with E-state index in [1.807, 2.05) is 23.9 Å². The van der Waals surface area contributed by atoms with Gasteiger partial charge in [0.1, 0.15) is 0 Å². The number of hydrogen-bond acceptors (Lipinski definition) is 4. The molecule has 98 valence electrons. The summed E-state index contributed by atoms with van der Waals surface area (Å²) in [5, 5.41) is 7.23. The van der Waals surface area contributed by atoms with E-state index in [4.69, 9.17) is 0 Å². The van der Waals surface area contributed by atoms with E-state index in [1.54, 1.807) is 6.20 Å². The predicted octanol–water partition coefficient (Wildman–Crippen LogP) is 0.688. The van der Waals surface area contributed by atoms with Gasteiger partial charge in [-0.05, 0) is 25.5 Å². The minimum atomic E-state index is -2.84. The molecule has 1 rings (SSSR count). The number of aryl methyl sites for hydroxylation is 1. The molecule has 0 saturated carbocycles. The van der Waals surface area contributed by atoms with E-state index in [0.29, 0.717) is 18.7 Å². The number of sulfone groups is 1. The molecule has 0 bridgehead atoms. The Labute approximate surface area is 103 Å². The molecule has 0 aromatic carbocycles. The number of rotatable bonds is 9. The molecule has 17 heavy (non-hydrogen) atoms. The molecule has 0 spiro atoms. The largest absolute Gasteiger partial charge is 0.316 e. The van der Waals surface area contributed by atoms with Crippen molar-refractivity contribution in [1.29, 1.82) is 0 Å². The highest BCUT2D eigenvalue weighted by molar-refractivity contribution is 7.91. The maximum absolute atomic E-state index is 11.4. The minimum Gasteiger partial charge on any atom is -0.316 e. The van der Waals surface area contributed by atoms with Crippen molar-refractivity contribution < 1.29 is 8.42 Å². The third kappa shape index (κ3) is 6.43. The molecular weight excluding hydrogens is 238 g/mol. The normalized spacial score (nSPS) is 11.8. The Balaban J connectivity index is 2.01. The predicted molar refractivity (Wildman–Crippen MR) is 68.7 cm³/mol. The first-order chi connectivity index (χ1) is 8.14. The summed E-state index contributed by atoms with van der Waals surface area (Å²) in [5.74, 6) is 0.532. The van der Waals surface area contributed by atoms with Crippen LogP contribution in [0.3, 0.4) is 0 Å². The van der Waals surface area contributed by atoms with Crippen LogP contribution in [-0.4, -0.2) is 42.8 Å². The van der Waals surface area contributed by atoms with Crippen LogP contribution in [0.5, 0.6) is 0 Å². The van der Waals surface area contributed by atoms with Crippen molar-refractivity contribution in [2.75, 3.05) is 24.6 Å². The summed E-state index contributed by atoms with van der Waals surface area (Å²) < 4.78 is 24.7. The smallest absolute Gasteiger partial charge is 0.151 e. The average molecular weight is 259 g/mol. The average Bonchev–Trinajstić information content (AvgIpc) is 2.76. The highest BCUT2D eigenvalue weighted by Crippen LogP contribution is 1.92. The number of nitrogens with zero attached hydrogens (tertiary/aromatic N) is 2.